The number of thiazole rings is 1. The van der Waals surface area contributed by atoms with E-state index >= 15 is 0 Å². The van der Waals surface area contributed by atoms with Gasteiger partial charge in [0.05, 0.1) is 12.1 Å². The molecule has 28 heavy (non-hydrogen) atoms. The fraction of sp³-hybridized carbons (Fsp3) is 0.227. The minimum Gasteiger partial charge on any atom is -0.326 e. The molecule has 1 heterocycles. The molecule has 5 nitrogen and oxygen atoms in total. The number of carbonyl (C=O) groups is 2. The van der Waals surface area contributed by atoms with Crippen molar-refractivity contribution in [1.82, 2.24) is 4.98 Å². The van der Waals surface area contributed by atoms with Gasteiger partial charge in [-0.1, -0.05) is 36.4 Å². The summed E-state index contributed by atoms with van der Waals surface area (Å²) in [5.41, 5.74) is 4.15. The highest BCUT2D eigenvalue weighted by Crippen LogP contribution is 2.31. The summed E-state index contributed by atoms with van der Waals surface area (Å²) in [7, 11) is 0. The number of aryl methyl sites for hydroxylation is 1. The van der Waals surface area contributed by atoms with E-state index in [2.05, 4.69) is 15.6 Å². The first-order valence-electron chi connectivity index (χ1n) is 9.29. The van der Waals surface area contributed by atoms with E-state index in [1.54, 1.807) is 0 Å². The zero-order chi connectivity index (χ0) is 19.5. The molecule has 0 saturated heterocycles. The highest BCUT2D eigenvalue weighted by Gasteiger charge is 2.29. The molecule has 0 radical (unpaired) electrons. The van der Waals surface area contributed by atoms with Crippen LogP contribution in [0, 0.1) is 12.8 Å². The summed E-state index contributed by atoms with van der Waals surface area (Å²) in [5.74, 6) is 0.0681. The maximum Gasteiger partial charge on any atom is 0.230 e. The zero-order valence-corrected chi connectivity index (χ0v) is 16.4. The Morgan fingerprint density at radius 3 is 2.64 bits per heavy atom. The number of hydrogen-bond donors (Lipinski definition) is 2. The lowest BCUT2D eigenvalue weighted by Gasteiger charge is -2.11. The molecule has 1 saturated carbocycles. The van der Waals surface area contributed by atoms with Gasteiger partial charge in [0.1, 0.15) is 5.01 Å². The Morgan fingerprint density at radius 2 is 1.89 bits per heavy atom. The van der Waals surface area contributed by atoms with Gasteiger partial charge in [0.15, 0.2) is 0 Å². The Bertz CT molecular complexity index is 1010. The molecule has 0 aliphatic heterocycles. The van der Waals surface area contributed by atoms with E-state index in [1.165, 1.54) is 11.3 Å². The molecule has 4 rings (SSSR count). The number of nitrogens with one attached hydrogen (secondary N) is 2. The summed E-state index contributed by atoms with van der Waals surface area (Å²) in [6, 6.07) is 15.5. The van der Waals surface area contributed by atoms with Gasteiger partial charge < -0.3 is 10.6 Å². The van der Waals surface area contributed by atoms with Crippen molar-refractivity contribution in [3.8, 4) is 10.6 Å². The van der Waals surface area contributed by atoms with Crippen molar-refractivity contribution in [2.75, 3.05) is 10.6 Å². The van der Waals surface area contributed by atoms with Gasteiger partial charge in [0.2, 0.25) is 11.8 Å². The van der Waals surface area contributed by atoms with Crippen LogP contribution in [0.4, 0.5) is 11.4 Å². The zero-order valence-electron chi connectivity index (χ0n) is 15.6. The van der Waals surface area contributed by atoms with E-state index in [0.29, 0.717) is 11.4 Å². The first kappa shape index (κ1) is 18.4. The minimum atomic E-state index is -0.126. The summed E-state index contributed by atoms with van der Waals surface area (Å²) in [4.78, 5) is 29.0. The van der Waals surface area contributed by atoms with Gasteiger partial charge >= 0.3 is 0 Å². The van der Waals surface area contributed by atoms with Gasteiger partial charge in [-0.3, -0.25) is 9.59 Å². The van der Waals surface area contributed by atoms with Gasteiger partial charge in [-0.05, 0) is 37.5 Å². The summed E-state index contributed by atoms with van der Waals surface area (Å²) in [6.45, 7) is 1.93. The lowest BCUT2D eigenvalue weighted by Crippen LogP contribution is -2.17. The molecule has 0 spiro atoms. The van der Waals surface area contributed by atoms with E-state index in [1.807, 2.05) is 60.8 Å². The Kier molecular flexibility index (Phi) is 5.21. The average molecular weight is 391 g/mol. The Hall–Kier alpha value is -2.99. The molecule has 1 aliphatic rings. The summed E-state index contributed by atoms with van der Waals surface area (Å²) in [5, 5.41) is 8.68. The Morgan fingerprint density at radius 1 is 1.11 bits per heavy atom. The molecule has 1 aromatic heterocycles. The van der Waals surface area contributed by atoms with Crippen LogP contribution in [-0.2, 0) is 16.0 Å². The van der Waals surface area contributed by atoms with Crippen LogP contribution in [0.1, 0.15) is 24.1 Å². The molecule has 1 fully saturated rings. The highest BCUT2D eigenvalue weighted by molar-refractivity contribution is 7.13. The molecule has 0 unspecified atom stereocenters. The molecule has 142 valence electrons. The van der Waals surface area contributed by atoms with Crippen LogP contribution < -0.4 is 10.6 Å². The summed E-state index contributed by atoms with van der Waals surface area (Å²) < 4.78 is 0. The summed E-state index contributed by atoms with van der Waals surface area (Å²) >= 11 is 1.53. The van der Waals surface area contributed by atoms with Crippen molar-refractivity contribution in [3.63, 3.8) is 0 Å². The lowest BCUT2D eigenvalue weighted by molar-refractivity contribution is -0.117. The second-order valence-corrected chi connectivity index (χ2v) is 7.89. The predicted molar refractivity (Wildman–Crippen MR) is 112 cm³/mol. The number of hydrogen-bond acceptors (Lipinski definition) is 4. The van der Waals surface area contributed by atoms with Crippen molar-refractivity contribution >= 4 is 34.5 Å². The fourth-order valence-electron chi connectivity index (χ4n) is 2.88. The topological polar surface area (TPSA) is 71.1 Å². The molecule has 6 heteroatoms. The number of carbonyl (C=O) groups excluding carboxylic acids is 2. The first-order chi connectivity index (χ1) is 13.6. The number of nitrogens with zero attached hydrogens (tertiary/aromatic N) is 1. The number of anilines is 2. The molecule has 2 N–H and O–H groups in total. The van der Waals surface area contributed by atoms with Crippen molar-refractivity contribution in [1.29, 1.82) is 0 Å². The van der Waals surface area contributed by atoms with Crippen LogP contribution in [0.5, 0.6) is 0 Å². The quantitative estimate of drug-likeness (QED) is 0.643. The number of aromatic nitrogens is 1. The Labute approximate surface area is 167 Å². The molecule has 3 aromatic rings. The van der Waals surface area contributed by atoms with Crippen LogP contribution >= 0.6 is 11.3 Å². The molecule has 0 atom stereocenters. The van der Waals surface area contributed by atoms with E-state index in [9.17, 15) is 9.59 Å². The van der Waals surface area contributed by atoms with Crippen molar-refractivity contribution in [2.24, 2.45) is 5.92 Å². The second-order valence-electron chi connectivity index (χ2n) is 7.03. The number of benzene rings is 2. The van der Waals surface area contributed by atoms with Gasteiger partial charge in [0, 0.05) is 28.2 Å². The van der Waals surface area contributed by atoms with Crippen molar-refractivity contribution in [2.45, 2.75) is 26.2 Å². The second kappa shape index (κ2) is 7.94. The van der Waals surface area contributed by atoms with Gasteiger partial charge in [-0.25, -0.2) is 4.98 Å². The first-order valence-corrected chi connectivity index (χ1v) is 10.2. The normalized spacial score (nSPS) is 13.2. The minimum absolute atomic E-state index is 0.0528. The maximum absolute atomic E-state index is 12.5. The number of rotatable bonds is 6. The van der Waals surface area contributed by atoms with Gasteiger partial charge in [-0.2, -0.15) is 0 Å². The smallest absolute Gasteiger partial charge is 0.230 e. The van der Waals surface area contributed by atoms with Gasteiger partial charge in [-0.15, -0.1) is 11.3 Å². The monoisotopic (exact) mass is 391 g/mol. The SMILES string of the molecule is Cc1ccc(NC(=O)C2CC2)cc1NC(=O)Cc1csc(-c2ccccc2)n1. The van der Waals surface area contributed by atoms with Crippen LogP contribution in [0.15, 0.2) is 53.9 Å². The van der Waals surface area contributed by atoms with Crippen LogP contribution in [0.3, 0.4) is 0 Å². The fourth-order valence-corrected chi connectivity index (χ4v) is 3.71. The lowest BCUT2D eigenvalue weighted by atomic mass is 10.1. The standard InChI is InChI=1S/C22H21N3O2S/c1-14-7-10-17(23-21(27)15-8-9-15)11-19(14)25-20(26)12-18-13-28-22(24-18)16-5-3-2-4-6-16/h2-7,10-11,13,15H,8-9,12H2,1H3,(H,23,27)(H,25,26). The number of amides is 2. The molecule has 0 bridgehead atoms. The van der Waals surface area contributed by atoms with Crippen LogP contribution in [-0.4, -0.2) is 16.8 Å². The molecule has 1 aliphatic carbocycles. The third-order valence-corrected chi connectivity index (χ3v) is 5.58. The molecule has 2 amide bonds. The van der Waals surface area contributed by atoms with Crippen molar-refractivity contribution in [3.05, 3.63) is 65.2 Å². The third kappa shape index (κ3) is 4.46. The maximum atomic E-state index is 12.5. The van der Waals surface area contributed by atoms with E-state index in [-0.39, 0.29) is 24.2 Å². The molecular weight excluding hydrogens is 370 g/mol. The van der Waals surface area contributed by atoms with E-state index < -0.39 is 0 Å². The summed E-state index contributed by atoms with van der Waals surface area (Å²) in [6.07, 6.45) is 2.13. The third-order valence-electron chi connectivity index (χ3n) is 4.64. The van der Waals surface area contributed by atoms with Crippen LogP contribution in [0.25, 0.3) is 10.6 Å². The van der Waals surface area contributed by atoms with Crippen LogP contribution in [0.2, 0.25) is 0 Å². The predicted octanol–water partition coefficient (Wildman–Crippen LogP) is 4.65. The Balaban J connectivity index is 1.41. The largest absolute Gasteiger partial charge is 0.326 e. The van der Waals surface area contributed by atoms with Crippen molar-refractivity contribution < 1.29 is 9.59 Å². The molecular formula is C22H21N3O2S. The van der Waals surface area contributed by atoms with E-state index in [4.69, 9.17) is 0 Å². The van der Waals surface area contributed by atoms with E-state index in [0.717, 1.165) is 34.7 Å². The average Bonchev–Trinajstić information content (AvgIpc) is 3.45. The van der Waals surface area contributed by atoms with Gasteiger partial charge in [0.25, 0.3) is 0 Å². The molecule has 2 aromatic carbocycles. The highest BCUT2D eigenvalue weighted by atomic mass is 32.1.